The topological polar surface area (TPSA) is 104 Å². The van der Waals surface area contributed by atoms with Gasteiger partial charge in [0.2, 0.25) is 11.9 Å². The van der Waals surface area contributed by atoms with Crippen LogP contribution in [-0.2, 0) is 4.79 Å². The van der Waals surface area contributed by atoms with Crippen LogP contribution in [0.5, 0.6) is 0 Å². The molecule has 2 saturated heterocycles. The molecule has 0 bridgehead atoms. The number of carbonyl (C=O) groups is 2. The molecule has 2 fully saturated rings. The van der Waals surface area contributed by atoms with Crippen molar-refractivity contribution < 1.29 is 9.59 Å². The highest BCUT2D eigenvalue weighted by atomic mass is 16.2. The van der Waals surface area contributed by atoms with Crippen LogP contribution in [0, 0.1) is 26.7 Å². The van der Waals surface area contributed by atoms with Gasteiger partial charge in [0.05, 0.1) is 11.9 Å². The number of carbonyl (C=O) groups excluding carboxylic acids is 2. The summed E-state index contributed by atoms with van der Waals surface area (Å²) >= 11 is 0. The van der Waals surface area contributed by atoms with E-state index in [1.54, 1.807) is 12.4 Å². The summed E-state index contributed by atoms with van der Waals surface area (Å²) in [5.74, 6) is 1.14. The van der Waals surface area contributed by atoms with Crippen LogP contribution in [0.1, 0.15) is 66.1 Å². The lowest BCUT2D eigenvalue weighted by Crippen LogP contribution is -2.51. The molecule has 9 heteroatoms. The lowest BCUT2D eigenvalue weighted by atomic mass is 9.83. The van der Waals surface area contributed by atoms with Gasteiger partial charge in [0, 0.05) is 56.2 Å². The van der Waals surface area contributed by atoms with Crippen LogP contribution in [0.2, 0.25) is 0 Å². The predicted octanol–water partition coefficient (Wildman–Crippen LogP) is 2.93. The van der Waals surface area contributed by atoms with Crippen LogP contribution in [0.15, 0.2) is 18.5 Å². The highest BCUT2D eigenvalue weighted by Gasteiger charge is 2.35. The zero-order valence-electron chi connectivity index (χ0n) is 20.5. The molecule has 2 aromatic heterocycles. The molecule has 2 aliphatic rings. The van der Waals surface area contributed by atoms with Crippen molar-refractivity contribution in [1.82, 2.24) is 29.7 Å². The fourth-order valence-corrected chi connectivity index (χ4v) is 5.14. The molecule has 0 aromatic carbocycles. The van der Waals surface area contributed by atoms with Gasteiger partial charge in [-0.05, 0) is 64.9 Å². The Morgan fingerprint density at radius 2 is 1.68 bits per heavy atom. The molecule has 2 aliphatic heterocycles. The summed E-state index contributed by atoms with van der Waals surface area (Å²) in [6.07, 6.45) is 8.69. The maximum Gasteiger partial charge on any atom is 0.274 e. The molecule has 34 heavy (non-hydrogen) atoms. The lowest BCUT2D eigenvalue weighted by Gasteiger charge is -2.43. The quantitative estimate of drug-likeness (QED) is 0.699. The molecule has 0 radical (unpaired) electrons. The van der Waals surface area contributed by atoms with E-state index in [2.05, 4.69) is 30.2 Å². The average Bonchev–Trinajstić information content (AvgIpc) is 2.83. The number of hydrogen-bond donors (Lipinski definition) is 1. The molecule has 1 atom stereocenters. The molecule has 1 N–H and O–H groups in total. The number of hydrogen-bond acceptors (Lipinski definition) is 7. The number of rotatable bonds is 6. The Morgan fingerprint density at radius 3 is 2.35 bits per heavy atom. The number of piperidine rings is 2. The van der Waals surface area contributed by atoms with Gasteiger partial charge in [0.15, 0.2) is 0 Å². The SMILES string of the molecule is Cc1cnc(C(=O)N2CCC([C@@H]3CCCCN3C(=O)CCNc3nc(C)cc(C)n3)CC2)cn1. The van der Waals surface area contributed by atoms with Gasteiger partial charge in [-0.25, -0.2) is 15.0 Å². The van der Waals surface area contributed by atoms with Crippen molar-refractivity contribution in [3.05, 3.63) is 41.2 Å². The Balaban J connectivity index is 1.30. The van der Waals surface area contributed by atoms with Crippen molar-refractivity contribution in [2.24, 2.45) is 5.92 Å². The largest absolute Gasteiger partial charge is 0.354 e. The van der Waals surface area contributed by atoms with Crippen LogP contribution >= 0.6 is 0 Å². The van der Waals surface area contributed by atoms with Crippen molar-refractivity contribution in [3.8, 4) is 0 Å². The molecule has 4 heterocycles. The standard InChI is InChI=1S/C25H35N7O2/c1-17-14-18(2)30-25(29-17)26-10-7-23(33)32-11-5-4-6-22(32)20-8-12-31(13-9-20)24(34)21-16-27-19(3)15-28-21/h14-16,20,22H,4-13H2,1-3H3,(H,26,29,30)/t22-/m0/s1. The van der Waals surface area contributed by atoms with Crippen LogP contribution in [0.25, 0.3) is 0 Å². The second-order valence-electron chi connectivity index (χ2n) is 9.47. The van der Waals surface area contributed by atoms with Crippen LogP contribution < -0.4 is 5.32 Å². The first-order valence-electron chi connectivity index (χ1n) is 12.3. The number of aryl methyl sites for hydroxylation is 3. The van der Waals surface area contributed by atoms with Gasteiger partial charge in [0.1, 0.15) is 5.69 Å². The second kappa shape index (κ2) is 10.9. The first-order valence-corrected chi connectivity index (χ1v) is 12.3. The van der Waals surface area contributed by atoms with Gasteiger partial charge in [0.25, 0.3) is 5.91 Å². The van der Waals surface area contributed by atoms with Gasteiger partial charge in [-0.15, -0.1) is 0 Å². The van der Waals surface area contributed by atoms with E-state index in [-0.39, 0.29) is 17.9 Å². The predicted molar refractivity (Wildman–Crippen MR) is 129 cm³/mol. The summed E-state index contributed by atoms with van der Waals surface area (Å²) < 4.78 is 0. The van der Waals surface area contributed by atoms with Gasteiger partial charge >= 0.3 is 0 Å². The summed E-state index contributed by atoms with van der Waals surface area (Å²) in [6, 6.07) is 2.19. The number of nitrogens with zero attached hydrogens (tertiary/aromatic N) is 6. The Labute approximate surface area is 201 Å². The molecular weight excluding hydrogens is 430 g/mol. The van der Waals surface area contributed by atoms with Gasteiger partial charge in [-0.3, -0.25) is 14.6 Å². The van der Waals surface area contributed by atoms with E-state index in [1.807, 2.05) is 31.7 Å². The molecule has 0 aliphatic carbocycles. The molecule has 2 amide bonds. The minimum atomic E-state index is -0.0535. The molecule has 9 nitrogen and oxygen atoms in total. The van der Waals surface area contributed by atoms with Crippen LogP contribution in [-0.4, -0.2) is 73.8 Å². The monoisotopic (exact) mass is 465 g/mol. The fourth-order valence-electron chi connectivity index (χ4n) is 5.14. The maximum absolute atomic E-state index is 13.1. The molecule has 182 valence electrons. The van der Waals surface area contributed by atoms with E-state index in [4.69, 9.17) is 0 Å². The Bertz CT molecular complexity index is 983. The number of amides is 2. The summed E-state index contributed by atoms with van der Waals surface area (Å²) in [6.45, 7) is 8.48. The molecule has 2 aromatic rings. The minimum absolute atomic E-state index is 0.0535. The Hall–Kier alpha value is -3.10. The maximum atomic E-state index is 13.1. The van der Waals surface area contributed by atoms with Crippen molar-refractivity contribution in [3.63, 3.8) is 0 Å². The summed E-state index contributed by atoms with van der Waals surface area (Å²) in [5, 5.41) is 3.20. The highest BCUT2D eigenvalue weighted by molar-refractivity contribution is 5.92. The average molecular weight is 466 g/mol. The van der Waals surface area contributed by atoms with E-state index >= 15 is 0 Å². The normalized spacial score (nSPS) is 19.2. The Morgan fingerprint density at radius 1 is 0.941 bits per heavy atom. The summed E-state index contributed by atoms with van der Waals surface area (Å²) in [4.78, 5) is 47.1. The van der Waals surface area contributed by atoms with Gasteiger partial charge in [-0.1, -0.05) is 0 Å². The molecular formula is C25H35N7O2. The smallest absolute Gasteiger partial charge is 0.274 e. The molecule has 0 unspecified atom stereocenters. The van der Waals surface area contributed by atoms with Crippen molar-refractivity contribution >= 4 is 17.8 Å². The third-order valence-electron chi connectivity index (χ3n) is 6.84. The zero-order chi connectivity index (χ0) is 24.1. The van der Waals surface area contributed by atoms with E-state index < -0.39 is 0 Å². The van der Waals surface area contributed by atoms with E-state index in [9.17, 15) is 9.59 Å². The fraction of sp³-hybridized carbons (Fsp3) is 0.600. The van der Waals surface area contributed by atoms with E-state index in [1.165, 1.54) is 0 Å². The Kier molecular flexibility index (Phi) is 7.70. The second-order valence-corrected chi connectivity index (χ2v) is 9.47. The summed E-state index contributed by atoms with van der Waals surface area (Å²) in [7, 11) is 0. The van der Waals surface area contributed by atoms with Crippen molar-refractivity contribution in [1.29, 1.82) is 0 Å². The zero-order valence-corrected chi connectivity index (χ0v) is 20.5. The molecule has 4 rings (SSSR count). The number of nitrogens with one attached hydrogen (secondary N) is 1. The number of aromatic nitrogens is 4. The summed E-state index contributed by atoms with van der Waals surface area (Å²) in [5.41, 5.74) is 3.03. The third-order valence-corrected chi connectivity index (χ3v) is 6.84. The lowest BCUT2D eigenvalue weighted by molar-refractivity contribution is -0.136. The minimum Gasteiger partial charge on any atom is -0.354 e. The van der Waals surface area contributed by atoms with E-state index in [0.717, 1.165) is 55.7 Å². The van der Waals surface area contributed by atoms with Gasteiger partial charge in [-0.2, -0.15) is 0 Å². The number of likely N-dealkylation sites (tertiary alicyclic amines) is 2. The van der Waals surface area contributed by atoms with Crippen molar-refractivity contribution in [2.45, 2.75) is 65.3 Å². The van der Waals surface area contributed by atoms with Crippen LogP contribution in [0.4, 0.5) is 5.95 Å². The molecule has 0 spiro atoms. The highest BCUT2D eigenvalue weighted by Crippen LogP contribution is 2.31. The first-order chi connectivity index (χ1) is 16.4. The molecule has 0 saturated carbocycles. The third kappa shape index (κ3) is 5.87. The number of anilines is 1. The van der Waals surface area contributed by atoms with E-state index in [0.29, 0.717) is 43.6 Å². The van der Waals surface area contributed by atoms with Crippen molar-refractivity contribution in [2.75, 3.05) is 31.5 Å². The van der Waals surface area contributed by atoms with Crippen LogP contribution in [0.3, 0.4) is 0 Å². The van der Waals surface area contributed by atoms with Gasteiger partial charge < -0.3 is 15.1 Å². The first kappa shape index (κ1) is 24.0.